The molecule has 3 aromatic rings. The van der Waals surface area contributed by atoms with Crippen molar-refractivity contribution in [2.45, 2.75) is 43.9 Å². The van der Waals surface area contributed by atoms with Crippen LogP contribution in [0.15, 0.2) is 41.3 Å². The molecule has 1 aromatic carbocycles. The Morgan fingerprint density at radius 3 is 2.78 bits per heavy atom. The number of halogens is 5. The highest BCUT2D eigenvalue weighted by molar-refractivity contribution is 6.33. The van der Waals surface area contributed by atoms with Gasteiger partial charge in [-0.15, -0.1) is 0 Å². The Bertz CT molecular complexity index is 1400. The Labute approximate surface area is 212 Å². The minimum Gasteiger partial charge on any atom is -0.477 e. The molecule has 5 rings (SSSR count). The van der Waals surface area contributed by atoms with Crippen molar-refractivity contribution in [3.05, 3.63) is 69.0 Å². The fraction of sp³-hybridized carbons (Fsp3) is 0.333. The van der Waals surface area contributed by atoms with Gasteiger partial charge in [-0.1, -0.05) is 11.6 Å². The number of pyridine rings is 1. The topological polar surface area (TPSA) is 100 Å². The van der Waals surface area contributed by atoms with Crippen molar-refractivity contribution in [2.24, 2.45) is 0 Å². The van der Waals surface area contributed by atoms with Crippen LogP contribution in [0.2, 0.25) is 5.02 Å². The van der Waals surface area contributed by atoms with Crippen molar-refractivity contribution in [1.82, 2.24) is 20.1 Å². The summed E-state index contributed by atoms with van der Waals surface area (Å²) in [4.78, 5) is 30.3. The lowest BCUT2D eigenvalue weighted by atomic mass is 9.99. The predicted molar refractivity (Wildman–Crippen MR) is 126 cm³/mol. The summed E-state index contributed by atoms with van der Waals surface area (Å²) in [7, 11) is 0. The number of H-pyrrole nitrogens is 1. The lowest BCUT2D eigenvalue weighted by Crippen LogP contribution is -2.45. The lowest BCUT2D eigenvalue weighted by Gasteiger charge is -2.35. The Hall–Kier alpha value is -3.67. The molecule has 0 aliphatic carbocycles. The third-order valence-electron chi connectivity index (χ3n) is 6.41. The quantitative estimate of drug-likeness (QED) is 0.433. The predicted octanol–water partition coefficient (Wildman–Crippen LogP) is 5.25. The minimum atomic E-state index is -4.34. The number of nitrogens with one attached hydrogen (secondary N) is 2. The van der Waals surface area contributed by atoms with E-state index in [9.17, 15) is 27.2 Å². The van der Waals surface area contributed by atoms with Gasteiger partial charge in [0.15, 0.2) is 0 Å². The summed E-state index contributed by atoms with van der Waals surface area (Å²) in [5.74, 6) is -0.741. The van der Waals surface area contributed by atoms with Gasteiger partial charge in [-0.2, -0.15) is 18.3 Å². The number of ether oxygens (including phenoxy) is 1. The monoisotopic (exact) mass is 537 g/mol. The number of amides is 2. The summed E-state index contributed by atoms with van der Waals surface area (Å²) in [5.41, 5.74) is 1.73. The molecule has 194 valence electrons. The molecule has 37 heavy (non-hydrogen) atoms. The van der Waals surface area contributed by atoms with Crippen LogP contribution in [0.1, 0.15) is 36.6 Å². The molecule has 13 heteroatoms. The van der Waals surface area contributed by atoms with Gasteiger partial charge in [0.25, 0.3) is 5.56 Å². The van der Waals surface area contributed by atoms with Crippen LogP contribution >= 0.6 is 11.6 Å². The summed E-state index contributed by atoms with van der Waals surface area (Å²) < 4.78 is 56.8. The van der Waals surface area contributed by atoms with E-state index in [0.717, 1.165) is 18.1 Å². The van der Waals surface area contributed by atoms with Crippen LogP contribution in [-0.2, 0) is 6.42 Å². The molecule has 8 nitrogen and oxygen atoms in total. The van der Waals surface area contributed by atoms with E-state index in [2.05, 4.69) is 20.5 Å². The van der Waals surface area contributed by atoms with Gasteiger partial charge in [0.2, 0.25) is 5.88 Å². The van der Waals surface area contributed by atoms with Gasteiger partial charge in [0.1, 0.15) is 5.82 Å². The van der Waals surface area contributed by atoms with Crippen LogP contribution in [0.4, 0.5) is 28.0 Å². The normalized spacial score (nSPS) is 18.5. The van der Waals surface area contributed by atoms with Gasteiger partial charge in [0.05, 0.1) is 35.5 Å². The van der Waals surface area contributed by atoms with E-state index in [-0.39, 0.29) is 39.8 Å². The van der Waals surface area contributed by atoms with E-state index in [1.54, 1.807) is 4.90 Å². The molecule has 2 amide bonds. The van der Waals surface area contributed by atoms with E-state index >= 15 is 0 Å². The van der Waals surface area contributed by atoms with Crippen LogP contribution in [-0.4, -0.2) is 44.9 Å². The van der Waals surface area contributed by atoms with Crippen molar-refractivity contribution in [3.63, 3.8) is 0 Å². The molecule has 1 saturated heterocycles. The second-order valence-electron chi connectivity index (χ2n) is 8.84. The van der Waals surface area contributed by atoms with Crippen LogP contribution in [0.5, 0.6) is 5.88 Å². The van der Waals surface area contributed by atoms with Crippen LogP contribution in [0, 0.1) is 5.82 Å². The maximum absolute atomic E-state index is 15.0. The summed E-state index contributed by atoms with van der Waals surface area (Å²) in [5, 5.41) is 9.26. The molecule has 2 aliphatic rings. The highest BCUT2D eigenvalue weighted by Gasteiger charge is 2.44. The fourth-order valence-corrected chi connectivity index (χ4v) is 5.03. The molecule has 4 heterocycles. The van der Waals surface area contributed by atoms with Crippen LogP contribution in [0.25, 0.3) is 11.1 Å². The maximum atomic E-state index is 15.0. The summed E-state index contributed by atoms with van der Waals surface area (Å²) in [6.07, 6.45) is -2.24. The molecular formula is C24H20ClF4N5O3. The molecule has 2 bridgehead atoms. The average molecular weight is 538 g/mol. The molecule has 0 radical (unpaired) electrons. The van der Waals surface area contributed by atoms with E-state index in [1.165, 1.54) is 30.5 Å². The third-order valence-corrected chi connectivity index (χ3v) is 6.72. The largest absolute Gasteiger partial charge is 0.477 e. The van der Waals surface area contributed by atoms with Crippen LogP contribution < -0.4 is 15.6 Å². The van der Waals surface area contributed by atoms with Crippen molar-refractivity contribution in [2.75, 3.05) is 11.9 Å². The molecule has 0 unspecified atom stereocenters. The number of anilines is 1. The zero-order valence-electron chi connectivity index (χ0n) is 19.1. The zero-order valence-corrected chi connectivity index (χ0v) is 19.9. The number of alkyl halides is 3. The summed E-state index contributed by atoms with van der Waals surface area (Å²) >= 11 is 6.37. The molecular weight excluding hydrogens is 518 g/mol. The SMILES string of the molecule is O=C(Nc1cc(Cl)c(-c2ccc(OCCC(F)(F)F)nc2)cc1F)N1[C@H]2CC[C@@H]1c1n[nH]c(=O)cc1C2. The molecule has 0 spiro atoms. The number of carbonyl (C=O) groups excluding carboxylic acids is 1. The number of urea groups is 1. The molecule has 0 saturated carbocycles. The Balaban J connectivity index is 1.29. The number of carbonyl (C=O) groups is 1. The van der Waals surface area contributed by atoms with Crippen LogP contribution in [0.3, 0.4) is 0 Å². The highest BCUT2D eigenvalue weighted by Crippen LogP contribution is 2.42. The van der Waals surface area contributed by atoms with E-state index in [0.29, 0.717) is 24.1 Å². The first-order chi connectivity index (χ1) is 17.6. The number of aromatic amines is 1. The molecule has 2 atom stereocenters. The minimum absolute atomic E-state index is 0.00946. The third kappa shape index (κ3) is 5.24. The van der Waals surface area contributed by atoms with Gasteiger partial charge in [-0.05, 0) is 43.0 Å². The number of aromatic nitrogens is 3. The lowest BCUT2D eigenvalue weighted by molar-refractivity contribution is -0.139. The first-order valence-electron chi connectivity index (χ1n) is 11.4. The molecule has 2 aliphatic heterocycles. The molecule has 2 N–H and O–H groups in total. The zero-order chi connectivity index (χ0) is 26.3. The standard InChI is InChI=1S/C24H20ClF4N5O3/c25-16-10-18(17(26)9-15(16)12-1-4-21(30-11-12)37-6-5-24(27,28)29)31-23(36)34-14-2-3-19(34)22-13(7-14)8-20(35)32-33-22/h1,4,8-11,14,19H,2-3,5-7H2,(H,31,36)(H,32,35)/t14-,19+/m0/s1. The van der Waals surface area contributed by atoms with Crippen molar-refractivity contribution in [3.8, 4) is 17.0 Å². The van der Waals surface area contributed by atoms with Crippen molar-refractivity contribution < 1.29 is 27.1 Å². The fourth-order valence-electron chi connectivity index (χ4n) is 4.76. The van der Waals surface area contributed by atoms with Gasteiger partial charge in [-0.25, -0.2) is 19.3 Å². The number of hydrogen-bond donors (Lipinski definition) is 2. The van der Waals surface area contributed by atoms with E-state index in [1.807, 2.05) is 0 Å². The smallest absolute Gasteiger partial charge is 0.392 e. The maximum Gasteiger partial charge on any atom is 0.392 e. The highest BCUT2D eigenvalue weighted by atomic mass is 35.5. The summed E-state index contributed by atoms with van der Waals surface area (Å²) in [6, 6.07) is 5.82. The number of fused-ring (bicyclic) bond motifs is 4. The van der Waals surface area contributed by atoms with E-state index in [4.69, 9.17) is 16.3 Å². The second kappa shape index (κ2) is 9.66. The van der Waals surface area contributed by atoms with Crippen molar-refractivity contribution >= 4 is 23.3 Å². The van der Waals surface area contributed by atoms with Gasteiger partial charge >= 0.3 is 12.2 Å². The number of benzene rings is 1. The number of hydrogen-bond acceptors (Lipinski definition) is 5. The van der Waals surface area contributed by atoms with Gasteiger partial charge < -0.3 is 15.0 Å². The Kier molecular flexibility index (Phi) is 6.52. The first-order valence-corrected chi connectivity index (χ1v) is 11.8. The van der Waals surface area contributed by atoms with E-state index < -0.39 is 31.1 Å². The molecule has 2 aromatic heterocycles. The first kappa shape index (κ1) is 25.0. The Morgan fingerprint density at radius 1 is 1.24 bits per heavy atom. The number of nitrogens with zero attached hydrogens (tertiary/aromatic N) is 3. The second-order valence-corrected chi connectivity index (χ2v) is 9.25. The van der Waals surface area contributed by atoms with Gasteiger partial charge in [-0.3, -0.25) is 4.79 Å². The Morgan fingerprint density at radius 2 is 2.05 bits per heavy atom. The van der Waals surface area contributed by atoms with Crippen molar-refractivity contribution in [1.29, 1.82) is 0 Å². The molecule has 1 fully saturated rings. The number of rotatable bonds is 5. The average Bonchev–Trinajstić information content (AvgIpc) is 3.15. The summed E-state index contributed by atoms with van der Waals surface area (Å²) in [6.45, 7) is -0.571. The van der Waals surface area contributed by atoms with Gasteiger partial charge in [0, 0.05) is 35.5 Å².